The van der Waals surface area contributed by atoms with Gasteiger partial charge in [-0.15, -0.1) is 0 Å². The third-order valence-electron chi connectivity index (χ3n) is 0.986. The summed E-state index contributed by atoms with van der Waals surface area (Å²) in [6, 6.07) is 0. The van der Waals surface area contributed by atoms with Gasteiger partial charge in [-0.1, -0.05) is 11.6 Å². The predicted molar refractivity (Wildman–Crippen MR) is 41.9 cm³/mol. The third kappa shape index (κ3) is 2.03. The number of hydrogen-bond acceptors (Lipinski definition) is 4. The van der Waals surface area contributed by atoms with Crippen molar-refractivity contribution in [1.29, 1.82) is 0 Å². The van der Waals surface area contributed by atoms with Gasteiger partial charge < -0.3 is 10.0 Å². The van der Waals surface area contributed by atoms with E-state index in [2.05, 4.69) is 9.97 Å². The number of halogens is 2. The van der Waals surface area contributed by atoms with Gasteiger partial charge in [0.25, 0.3) is 0 Å². The molecule has 0 radical (unpaired) electrons. The molecule has 0 fully saturated rings. The van der Waals surface area contributed by atoms with Crippen molar-refractivity contribution in [3.05, 3.63) is 16.5 Å². The molecule has 0 unspecified atom stereocenters. The highest BCUT2D eigenvalue weighted by Crippen LogP contribution is 2.04. The maximum atomic E-state index is 8.65. The van der Waals surface area contributed by atoms with E-state index < -0.39 is 7.12 Å². The van der Waals surface area contributed by atoms with E-state index in [-0.39, 0.29) is 15.9 Å². The summed E-state index contributed by atoms with van der Waals surface area (Å²) in [6.07, 6.45) is 1.20. The molecule has 0 saturated heterocycles. The molecule has 1 aromatic heterocycles. The van der Waals surface area contributed by atoms with Crippen LogP contribution in [-0.4, -0.2) is 27.1 Å². The van der Waals surface area contributed by atoms with Crippen LogP contribution in [0.3, 0.4) is 0 Å². The highest BCUT2D eigenvalue weighted by Gasteiger charge is 2.17. The highest BCUT2D eigenvalue weighted by molar-refractivity contribution is 6.61. The van der Waals surface area contributed by atoms with Gasteiger partial charge in [0.2, 0.25) is 5.28 Å². The SMILES string of the molecule is OB(O)c1nc(Cl)ncc1Cl. The van der Waals surface area contributed by atoms with Crippen molar-refractivity contribution in [2.24, 2.45) is 0 Å². The van der Waals surface area contributed by atoms with E-state index in [0.29, 0.717) is 0 Å². The first-order valence-electron chi connectivity index (χ1n) is 2.65. The summed E-state index contributed by atoms with van der Waals surface area (Å²) >= 11 is 10.8. The average molecular weight is 193 g/mol. The van der Waals surface area contributed by atoms with Crippen molar-refractivity contribution >= 4 is 35.9 Å². The summed E-state index contributed by atoms with van der Waals surface area (Å²) in [7, 11) is -1.72. The van der Waals surface area contributed by atoms with Crippen LogP contribution in [0.2, 0.25) is 10.3 Å². The molecule has 11 heavy (non-hydrogen) atoms. The Morgan fingerprint density at radius 3 is 2.45 bits per heavy atom. The zero-order valence-corrected chi connectivity index (χ0v) is 6.71. The van der Waals surface area contributed by atoms with Gasteiger partial charge in [-0.25, -0.2) is 9.97 Å². The fraction of sp³-hybridized carbons (Fsp3) is 0. The summed E-state index contributed by atoms with van der Waals surface area (Å²) in [5.41, 5.74) is -0.0910. The highest BCUT2D eigenvalue weighted by atomic mass is 35.5. The van der Waals surface area contributed by atoms with Crippen LogP contribution in [-0.2, 0) is 0 Å². The van der Waals surface area contributed by atoms with Crippen LogP contribution in [0.1, 0.15) is 0 Å². The standard InChI is InChI=1S/C4H3BCl2N2O2/c6-2-1-8-4(7)9-3(2)5(10)11/h1,10-11H. The lowest BCUT2D eigenvalue weighted by molar-refractivity contribution is 0.424. The maximum Gasteiger partial charge on any atom is 0.509 e. The van der Waals surface area contributed by atoms with Crippen molar-refractivity contribution in [1.82, 2.24) is 9.97 Å². The summed E-state index contributed by atoms with van der Waals surface area (Å²) in [5, 5.41) is 17.3. The number of hydrogen-bond donors (Lipinski definition) is 2. The Morgan fingerprint density at radius 1 is 1.36 bits per heavy atom. The topological polar surface area (TPSA) is 66.2 Å². The van der Waals surface area contributed by atoms with Crippen LogP contribution in [0.15, 0.2) is 6.20 Å². The molecule has 0 amide bonds. The molecule has 58 valence electrons. The van der Waals surface area contributed by atoms with Crippen LogP contribution >= 0.6 is 23.2 Å². The van der Waals surface area contributed by atoms with Gasteiger partial charge in [-0.3, -0.25) is 0 Å². The van der Waals surface area contributed by atoms with E-state index >= 15 is 0 Å². The summed E-state index contributed by atoms with van der Waals surface area (Å²) < 4.78 is 0. The lowest BCUT2D eigenvalue weighted by atomic mass is 9.86. The molecule has 0 spiro atoms. The van der Waals surface area contributed by atoms with Crippen LogP contribution in [0.25, 0.3) is 0 Å². The number of aromatic nitrogens is 2. The summed E-state index contributed by atoms with van der Waals surface area (Å²) in [5.74, 6) is 0. The van der Waals surface area contributed by atoms with Crippen LogP contribution < -0.4 is 5.59 Å². The van der Waals surface area contributed by atoms with Crippen molar-refractivity contribution in [3.8, 4) is 0 Å². The first kappa shape index (κ1) is 8.74. The molecule has 7 heteroatoms. The summed E-state index contributed by atoms with van der Waals surface area (Å²) in [4.78, 5) is 7.02. The zero-order chi connectivity index (χ0) is 8.43. The Balaban J connectivity index is 3.13. The molecule has 0 bridgehead atoms. The first-order valence-corrected chi connectivity index (χ1v) is 3.41. The molecular weight excluding hydrogens is 190 g/mol. The molecule has 4 nitrogen and oxygen atoms in total. The van der Waals surface area contributed by atoms with Gasteiger partial charge >= 0.3 is 7.12 Å². The fourth-order valence-corrected chi connectivity index (χ4v) is 0.867. The fourth-order valence-electron chi connectivity index (χ4n) is 0.539. The van der Waals surface area contributed by atoms with E-state index in [1.165, 1.54) is 6.20 Å². The smallest absolute Gasteiger partial charge is 0.422 e. The molecule has 1 rings (SSSR count). The van der Waals surface area contributed by atoms with Gasteiger partial charge in [0.15, 0.2) is 0 Å². The second-order valence-electron chi connectivity index (χ2n) is 1.75. The van der Waals surface area contributed by atoms with Crippen molar-refractivity contribution < 1.29 is 10.0 Å². The minimum atomic E-state index is -1.72. The second kappa shape index (κ2) is 3.36. The lowest BCUT2D eigenvalue weighted by Crippen LogP contribution is -2.34. The maximum absolute atomic E-state index is 8.65. The summed E-state index contributed by atoms with van der Waals surface area (Å²) in [6.45, 7) is 0. The van der Waals surface area contributed by atoms with Crippen LogP contribution in [0.4, 0.5) is 0 Å². The van der Waals surface area contributed by atoms with Crippen molar-refractivity contribution in [2.45, 2.75) is 0 Å². The van der Waals surface area contributed by atoms with Gasteiger partial charge in [0.05, 0.1) is 16.8 Å². The van der Waals surface area contributed by atoms with Gasteiger partial charge in [-0.05, 0) is 11.6 Å². The molecule has 0 aliphatic rings. The van der Waals surface area contributed by atoms with E-state index in [9.17, 15) is 0 Å². The zero-order valence-electron chi connectivity index (χ0n) is 5.20. The van der Waals surface area contributed by atoms with Crippen molar-refractivity contribution in [3.63, 3.8) is 0 Å². The molecule has 0 atom stereocenters. The van der Waals surface area contributed by atoms with E-state index in [1.807, 2.05) is 0 Å². The second-order valence-corrected chi connectivity index (χ2v) is 2.49. The van der Waals surface area contributed by atoms with E-state index in [4.69, 9.17) is 33.2 Å². The molecule has 0 aliphatic heterocycles. The largest absolute Gasteiger partial charge is 0.509 e. The Labute approximate surface area is 73.0 Å². The number of nitrogens with zero attached hydrogens (tertiary/aromatic N) is 2. The molecule has 0 aliphatic carbocycles. The van der Waals surface area contributed by atoms with Gasteiger partial charge in [-0.2, -0.15) is 0 Å². The molecule has 1 aromatic rings. The lowest BCUT2D eigenvalue weighted by Gasteiger charge is -1.99. The van der Waals surface area contributed by atoms with Crippen LogP contribution in [0.5, 0.6) is 0 Å². The Hall–Kier alpha value is -0.355. The molecular formula is C4H3BCl2N2O2. The minimum Gasteiger partial charge on any atom is -0.422 e. The Kier molecular flexibility index (Phi) is 2.67. The van der Waals surface area contributed by atoms with E-state index in [0.717, 1.165) is 0 Å². The quantitative estimate of drug-likeness (QED) is 0.464. The molecule has 2 N–H and O–H groups in total. The van der Waals surface area contributed by atoms with Gasteiger partial charge in [0, 0.05) is 0 Å². The Bertz CT molecular complexity index is 270. The van der Waals surface area contributed by atoms with Crippen LogP contribution in [0, 0.1) is 0 Å². The predicted octanol–water partition coefficient (Wildman–Crippen LogP) is -0.537. The molecule has 0 aromatic carbocycles. The number of rotatable bonds is 1. The normalized spacial score (nSPS) is 9.82. The Morgan fingerprint density at radius 2 is 2.00 bits per heavy atom. The minimum absolute atomic E-state index is 0.0718. The molecule has 0 saturated carbocycles. The van der Waals surface area contributed by atoms with Crippen molar-refractivity contribution in [2.75, 3.05) is 0 Å². The monoisotopic (exact) mass is 192 g/mol. The van der Waals surface area contributed by atoms with Gasteiger partial charge in [0.1, 0.15) is 0 Å². The third-order valence-corrected chi connectivity index (χ3v) is 1.46. The average Bonchev–Trinajstić information content (AvgIpc) is 1.94. The molecule has 1 heterocycles. The van der Waals surface area contributed by atoms with E-state index in [1.54, 1.807) is 0 Å². The first-order chi connectivity index (χ1) is 5.11.